The molecular formula is C12H14BrFN4. The van der Waals surface area contributed by atoms with Crippen LogP contribution in [0.4, 0.5) is 4.39 Å². The normalized spacial score (nSPS) is 10.8. The highest BCUT2D eigenvalue weighted by Gasteiger charge is 2.07. The predicted molar refractivity (Wildman–Crippen MR) is 71.0 cm³/mol. The van der Waals surface area contributed by atoms with Gasteiger partial charge in [-0.3, -0.25) is 0 Å². The Kier molecular flexibility index (Phi) is 4.43. The first-order valence-electron chi connectivity index (χ1n) is 5.78. The lowest BCUT2D eigenvalue weighted by Gasteiger charge is -2.02. The van der Waals surface area contributed by atoms with Crippen LogP contribution in [0.2, 0.25) is 0 Å². The lowest BCUT2D eigenvalue weighted by molar-refractivity contribution is 0.606. The molecule has 6 heteroatoms. The quantitative estimate of drug-likeness (QED) is 0.863. The maximum atomic E-state index is 13.7. The number of aromatic nitrogens is 3. The van der Waals surface area contributed by atoms with Crippen molar-refractivity contribution in [3.05, 3.63) is 40.4 Å². The van der Waals surface area contributed by atoms with Gasteiger partial charge in [-0.05, 0) is 31.2 Å². The monoisotopic (exact) mass is 312 g/mol. The van der Waals surface area contributed by atoms with Gasteiger partial charge in [0.1, 0.15) is 11.5 Å². The molecule has 2 aromatic rings. The average Bonchev–Trinajstić information content (AvgIpc) is 2.78. The Morgan fingerprint density at radius 1 is 1.44 bits per heavy atom. The maximum absolute atomic E-state index is 13.7. The zero-order chi connectivity index (χ0) is 13.0. The van der Waals surface area contributed by atoms with Crippen molar-refractivity contribution in [2.75, 3.05) is 6.54 Å². The molecule has 96 valence electrons. The van der Waals surface area contributed by atoms with Gasteiger partial charge in [0.05, 0.1) is 11.9 Å². The lowest BCUT2D eigenvalue weighted by atomic mass is 10.3. The Labute approximate surface area is 113 Å². The first kappa shape index (κ1) is 13.2. The van der Waals surface area contributed by atoms with Crippen molar-refractivity contribution >= 4 is 15.9 Å². The highest BCUT2D eigenvalue weighted by molar-refractivity contribution is 9.10. The fraction of sp³-hybridized carbons (Fsp3) is 0.333. The van der Waals surface area contributed by atoms with Crippen LogP contribution in [0.15, 0.2) is 28.9 Å². The van der Waals surface area contributed by atoms with Crippen LogP contribution < -0.4 is 5.32 Å². The van der Waals surface area contributed by atoms with Crippen LogP contribution in [0.25, 0.3) is 5.69 Å². The van der Waals surface area contributed by atoms with E-state index in [0.29, 0.717) is 16.7 Å². The summed E-state index contributed by atoms with van der Waals surface area (Å²) < 4.78 is 15.9. The summed E-state index contributed by atoms with van der Waals surface area (Å²) in [5.41, 5.74) is 1.19. The summed E-state index contributed by atoms with van der Waals surface area (Å²) in [6.07, 6.45) is 2.80. The fourth-order valence-electron chi connectivity index (χ4n) is 1.56. The molecule has 4 nitrogen and oxygen atoms in total. The first-order valence-corrected chi connectivity index (χ1v) is 6.57. The summed E-state index contributed by atoms with van der Waals surface area (Å²) in [6, 6.07) is 4.85. The van der Waals surface area contributed by atoms with Crippen molar-refractivity contribution < 1.29 is 4.39 Å². The Hall–Kier alpha value is -1.27. The molecule has 0 aliphatic heterocycles. The van der Waals surface area contributed by atoms with Crippen LogP contribution in [0.3, 0.4) is 0 Å². The summed E-state index contributed by atoms with van der Waals surface area (Å²) in [7, 11) is 0. The Balaban J connectivity index is 2.13. The molecule has 0 amide bonds. The molecule has 1 aromatic carbocycles. The third-order valence-corrected chi connectivity index (χ3v) is 2.92. The van der Waals surface area contributed by atoms with Crippen molar-refractivity contribution in [2.24, 2.45) is 0 Å². The summed E-state index contributed by atoms with van der Waals surface area (Å²) >= 11 is 3.22. The van der Waals surface area contributed by atoms with Gasteiger partial charge in [0.2, 0.25) is 0 Å². The second-order valence-electron chi connectivity index (χ2n) is 3.93. The summed E-state index contributed by atoms with van der Waals surface area (Å²) in [6.45, 7) is 3.67. The summed E-state index contributed by atoms with van der Waals surface area (Å²) in [4.78, 5) is 0. The maximum Gasteiger partial charge on any atom is 0.150 e. The molecule has 1 heterocycles. The molecule has 1 aromatic heterocycles. The molecule has 0 unspecified atom stereocenters. The first-order chi connectivity index (χ1) is 8.70. The molecule has 0 saturated heterocycles. The minimum absolute atomic E-state index is 0.331. The van der Waals surface area contributed by atoms with Crippen LogP contribution in [0, 0.1) is 5.82 Å². The van der Waals surface area contributed by atoms with Crippen LogP contribution in [-0.4, -0.2) is 21.5 Å². The van der Waals surface area contributed by atoms with Crippen molar-refractivity contribution in [2.45, 2.75) is 19.9 Å². The minimum atomic E-state index is -0.331. The van der Waals surface area contributed by atoms with Gasteiger partial charge in [0.25, 0.3) is 0 Å². The number of nitrogens with one attached hydrogen (secondary N) is 1. The van der Waals surface area contributed by atoms with E-state index >= 15 is 0 Å². The number of hydrogen-bond donors (Lipinski definition) is 1. The number of nitrogens with zero attached hydrogens (tertiary/aromatic N) is 3. The van der Waals surface area contributed by atoms with Crippen molar-refractivity contribution in [3.63, 3.8) is 0 Å². The highest BCUT2D eigenvalue weighted by atomic mass is 79.9. The number of benzene rings is 1. The molecule has 0 aliphatic rings. The van der Waals surface area contributed by atoms with Gasteiger partial charge in [0.15, 0.2) is 0 Å². The van der Waals surface area contributed by atoms with E-state index in [1.54, 1.807) is 18.3 Å². The highest BCUT2D eigenvalue weighted by Crippen LogP contribution is 2.18. The van der Waals surface area contributed by atoms with E-state index in [4.69, 9.17) is 0 Å². The van der Waals surface area contributed by atoms with Crippen LogP contribution in [0.5, 0.6) is 0 Å². The Morgan fingerprint density at radius 2 is 2.28 bits per heavy atom. The van der Waals surface area contributed by atoms with E-state index in [0.717, 1.165) is 18.7 Å². The zero-order valence-corrected chi connectivity index (χ0v) is 11.6. The lowest BCUT2D eigenvalue weighted by Crippen LogP contribution is -2.13. The molecule has 2 rings (SSSR count). The van der Waals surface area contributed by atoms with Gasteiger partial charge >= 0.3 is 0 Å². The van der Waals surface area contributed by atoms with E-state index in [1.165, 1.54) is 10.7 Å². The Morgan fingerprint density at radius 3 is 3.00 bits per heavy atom. The van der Waals surface area contributed by atoms with Gasteiger partial charge in [0, 0.05) is 11.0 Å². The smallest absolute Gasteiger partial charge is 0.150 e. The van der Waals surface area contributed by atoms with E-state index in [1.807, 2.05) is 0 Å². The van der Waals surface area contributed by atoms with Crippen LogP contribution >= 0.6 is 15.9 Å². The second-order valence-corrected chi connectivity index (χ2v) is 4.84. The molecule has 0 radical (unpaired) electrons. The summed E-state index contributed by atoms with van der Waals surface area (Å²) in [5, 5.41) is 11.1. The fourth-order valence-corrected chi connectivity index (χ4v) is 1.89. The van der Waals surface area contributed by atoms with E-state index in [9.17, 15) is 4.39 Å². The molecule has 0 spiro atoms. The van der Waals surface area contributed by atoms with Gasteiger partial charge in [-0.15, -0.1) is 5.10 Å². The molecule has 0 aliphatic carbocycles. The third kappa shape index (κ3) is 3.14. The van der Waals surface area contributed by atoms with E-state index in [2.05, 4.69) is 38.5 Å². The zero-order valence-electron chi connectivity index (χ0n) is 10.0. The molecular weight excluding hydrogens is 299 g/mol. The van der Waals surface area contributed by atoms with E-state index in [-0.39, 0.29) is 5.82 Å². The van der Waals surface area contributed by atoms with Crippen molar-refractivity contribution in [1.29, 1.82) is 0 Å². The standard InChI is InChI=1S/C12H14BrFN4/c1-2-5-15-7-10-8-18(17-16-10)12-4-3-9(13)6-11(12)14/h3-4,6,8,15H,2,5,7H2,1H3. The van der Waals surface area contributed by atoms with Crippen molar-refractivity contribution in [3.8, 4) is 5.69 Å². The van der Waals surface area contributed by atoms with Gasteiger partial charge in [-0.1, -0.05) is 28.1 Å². The largest absolute Gasteiger partial charge is 0.311 e. The van der Waals surface area contributed by atoms with Gasteiger partial charge < -0.3 is 5.32 Å². The molecule has 1 N–H and O–H groups in total. The molecule has 18 heavy (non-hydrogen) atoms. The summed E-state index contributed by atoms with van der Waals surface area (Å²) in [5.74, 6) is -0.331. The molecule has 0 fully saturated rings. The average molecular weight is 313 g/mol. The van der Waals surface area contributed by atoms with Gasteiger partial charge in [-0.2, -0.15) is 0 Å². The van der Waals surface area contributed by atoms with Crippen LogP contribution in [-0.2, 0) is 6.54 Å². The topological polar surface area (TPSA) is 42.7 Å². The van der Waals surface area contributed by atoms with Gasteiger partial charge in [-0.25, -0.2) is 9.07 Å². The molecule has 0 atom stereocenters. The molecule has 0 bridgehead atoms. The number of halogens is 2. The SMILES string of the molecule is CCCNCc1cn(-c2ccc(Br)cc2F)nn1. The van der Waals surface area contributed by atoms with Crippen LogP contribution in [0.1, 0.15) is 19.0 Å². The molecule has 0 saturated carbocycles. The van der Waals surface area contributed by atoms with E-state index < -0.39 is 0 Å². The van der Waals surface area contributed by atoms with Crippen molar-refractivity contribution in [1.82, 2.24) is 20.3 Å². The Bertz CT molecular complexity index is 527. The number of rotatable bonds is 5. The second kappa shape index (κ2) is 6.06. The third-order valence-electron chi connectivity index (χ3n) is 2.43. The minimum Gasteiger partial charge on any atom is -0.311 e. The number of hydrogen-bond acceptors (Lipinski definition) is 3. The predicted octanol–water partition coefficient (Wildman–Crippen LogP) is 2.67.